The largest absolute Gasteiger partial charge is 0.466 e. The third-order valence-electron chi connectivity index (χ3n) is 5.96. The van der Waals surface area contributed by atoms with Crippen LogP contribution in [-0.2, 0) is 34.6 Å². The van der Waals surface area contributed by atoms with Gasteiger partial charge in [-0.15, -0.1) is 0 Å². The van der Waals surface area contributed by atoms with Crippen LogP contribution < -0.4 is 0 Å². The monoisotopic (exact) mass is 407 g/mol. The quantitative estimate of drug-likeness (QED) is 0.636. The van der Waals surface area contributed by atoms with Crippen molar-refractivity contribution < 1.29 is 14.6 Å². The number of aryl methyl sites for hydroxylation is 1. The minimum atomic E-state index is -1.41. The van der Waals surface area contributed by atoms with Crippen molar-refractivity contribution in [3.63, 3.8) is 0 Å². The number of carbonyl (C=O) groups excluding carboxylic acids is 1. The molecular formula is C24H29N3O3. The first-order chi connectivity index (χ1) is 14.4. The van der Waals surface area contributed by atoms with Crippen molar-refractivity contribution in [2.45, 2.75) is 45.4 Å². The Morgan fingerprint density at radius 1 is 1.33 bits per heavy atom. The van der Waals surface area contributed by atoms with Gasteiger partial charge in [0.15, 0.2) is 0 Å². The van der Waals surface area contributed by atoms with Gasteiger partial charge in [-0.1, -0.05) is 17.7 Å². The van der Waals surface area contributed by atoms with E-state index in [-0.39, 0.29) is 19.6 Å². The average molecular weight is 408 g/mol. The predicted octanol–water partition coefficient (Wildman–Crippen LogP) is 3.17. The van der Waals surface area contributed by atoms with E-state index in [2.05, 4.69) is 46.6 Å². The lowest BCUT2D eigenvalue weighted by molar-refractivity contribution is -0.149. The number of rotatable bonds is 6. The summed E-state index contributed by atoms with van der Waals surface area (Å²) in [6.07, 6.45) is 4.09. The Kier molecular flexibility index (Phi) is 5.62. The lowest BCUT2D eigenvalue weighted by Gasteiger charge is -2.31. The molecule has 0 amide bonds. The van der Waals surface area contributed by atoms with E-state index in [1.807, 2.05) is 6.07 Å². The molecule has 6 nitrogen and oxygen atoms in total. The summed E-state index contributed by atoms with van der Waals surface area (Å²) in [7, 11) is 2.13. The maximum atomic E-state index is 12.4. The molecule has 1 aliphatic heterocycles. The summed E-state index contributed by atoms with van der Waals surface area (Å²) in [5.74, 6) is -0.412. The molecule has 3 aromatic rings. The van der Waals surface area contributed by atoms with Crippen LogP contribution in [0.25, 0.3) is 10.9 Å². The van der Waals surface area contributed by atoms with Crippen LogP contribution in [0.1, 0.15) is 35.7 Å². The van der Waals surface area contributed by atoms with E-state index in [1.54, 1.807) is 25.4 Å². The lowest BCUT2D eigenvalue weighted by atomic mass is 9.91. The molecule has 1 aromatic carbocycles. The molecule has 0 spiro atoms. The average Bonchev–Trinajstić information content (AvgIpc) is 3.00. The van der Waals surface area contributed by atoms with E-state index in [9.17, 15) is 9.90 Å². The summed E-state index contributed by atoms with van der Waals surface area (Å²) in [6.45, 7) is 6.28. The van der Waals surface area contributed by atoms with E-state index in [0.29, 0.717) is 5.56 Å². The van der Waals surface area contributed by atoms with Crippen LogP contribution in [0.3, 0.4) is 0 Å². The van der Waals surface area contributed by atoms with Gasteiger partial charge >= 0.3 is 5.97 Å². The molecule has 30 heavy (non-hydrogen) atoms. The predicted molar refractivity (Wildman–Crippen MR) is 116 cm³/mol. The van der Waals surface area contributed by atoms with Gasteiger partial charge in [-0.2, -0.15) is 0 Å². The maximum Gasteiger partial charge on any atom is 0.309 e. The Labute approximate surface area is 177 Å². The Morgan fingerprint density at radius 2 is 2.17 bits per heavy atom. The van der Waals surface area contributed by atoms with Gasteiger partial charge in [-0.25, -0.2) is 0 Å². The summed E-state index contributed by atoms with van der Waals surface area (Å²) in [5, 5.41) is 13.0. The highest BCUT2D eigenvalue weighted by molar-refractivity contribution is 5.86. The highest BCUT2D eigenvalue weighted by atomic mass is 16.5. The van der Waals surface area contributed by atoms with Crippen LogP contribution >= 0.6 is 0 Å². The molecule has 0 saturated heterocycles. The summed E-state index contributed by atoms with van der Waals surface area (Å²) >= 11 is 0. The number of nitrogens with zero attached hydrogens (tertiary/aromatic N) is 3. The van der Waals surface area contributed by atoms with E-state index < -0.39 is 11.6 Å². The van der Waals surface area contributed by atoms with Crippen LogP contribution in [0.15, 0.2) is 42.7 Å². The van der Waals surface area contributed by atoms with Crippen molar-refractivity contribution in [2.75, 3.05) is 20.2 Å². The fourth-order valence-electron chi connectivity index (χ4n) is 4.48. The molecule has 2 aromatic heterocycles. The summed E-state index contributed by atoms with van der Waals surface area (Å²) < 4.78 is 7.37. The van der Waals surface area contributed by atoms with E-state index >= 15 is 0 Å². The van der Waals surface area contributed by atoms with E-state index in [4.69, 9.17) is 4.74 Å². The Morgan fingerprint density at radius 3 is 2.90 bits per heavy atom. The molecule has 0 radical (unpaired) electrons. The normalized spacial score (nSPS) is 16.3. The van der Waals surface area contributed by atoms with Crippen LogP contribution in [0.2, 0.25) is 0 Å². The molecule has 0 saturated carbocycles. The van der Waals surface area contributed by atoms with E-state index in [1.165, 1.54) is 22.2 Å². The number of carbonyl (C=O) groups is 1. The highest BCUT2D eigenvalue weighted by Gasteiger charge is 2.36. The number of aromatic nitrogens is 2. The number of hydrogen-bond acceptors (Lipinski definition) is 5. The number of esters is 1. The van der Waals surface area contributed by atoms with E-state index in [0.717, 1.165) is 25.0 Å². The second kappa shape index (κ2) is 8.20. The number of ether oxygens (including phenoxy) is 1. The van der Waals surface area contributed by atoms with Crippen molar-refractivity contribution in [3.8, 4) is 0 Å². The fraction of sp³-hybridized carbons (Fsp3) is 0.417. The van der Waals surface area contributed by atoms with Gasteiger partial charge in [-0.05, 0) is 44.7 Å². The van der Waals surface area contributed by atoms with Gasteiger partial charge in [0.1, 0.15) is 5.60 Å². The minimum Gasteiger partial charge on any atom is -0.466 e. The third kappa shape index (κ3) is 3.85. The molecule has 4 rings (SSSR count). The smallest absolute Gasteiger partial charge is 0.309 e. The molecule has 1 aliphatic rings. The number of hydrogen-bond donors (Lipinski definition) is 1. The van der Waals surface area contributed by atoms with Gasteiger partial charge in [0.25, 0.3) is 0 Å². The zero-order valence-electron chi connectivity index (χ0n) is 17.9. The standard InChI is InChI=1S/C24H29N3O3/c1-4-30-23(28)13-24(29,18-6-5-10-25-14-18)16-27-21-8-7-17(2)12-19(21)20-15-26(3)11-9-22(20)27/h5-8,10,12,14,29H,4,9,11,13,15-16H2,1-3H3. The molecule has 3 heterocycles. The molecule has 0 bridgehead atoms. The Balaban J connectivity index is 1.83. The fourth-order valence-corrected chi connectivity index (χ4v) is 4.48. The molecule has 6 heteroatoms. The molecule has 1 atom stereocenters. The summed E-state index contributed by atoms with van der Waals surface area (Å²) in [5.41, 5.74) is 4.06. The summed E-state index contributed by atoms with van der Waals surface area (Å²) in [6, 6.07) is 10.0. The van der Waals surface area contributed by atoms with Gasteiger partial charge in [0.05, 0.1) is 19.6 Å². The first-order valence-electron chi connectivity index (χ1n) is 10.5. The van der Waals surface area contributed by atoms with Crippen LogP contribution in [0.5, 0.6) is 0 Å². The summed E-state index contributed by atoms with van der Waals surface area (Å²) in [4.78, 5) is 18.9. The Hall–Kier alpha value is -2.70. The molecule has 158 valence electrons. The van der Waals surface area contributed by atoms with Crippen LogP contribution in [-0.4, -0.2) is 45.7 Å². The number of pyridine rings is 1. The maximum absolute atomic E-state index is 12.4. The van der Waals surface area contributed by atoms with Crippen molar-refractivity contribution in [2.24, 2.45) is 0 Å². The third-order valence-corrected chi connectivity index (χ3v) is 5.96. The van der Waals surface area contributed by atoms with Gasteiger partial charge in [-0.3, -0.25) is 9.78 Å². The number of aliphatic hydroxyl groups is 1. The van der Waals surface area contributed by atoms with Gasteiger partial charge in [0.2, 0.25) is 0 Å². The Bertz CT molecular complexity index is 1060. The number of fused-ring (bicyclic) bond motifs is 3. The molecule has 0 fully saturated rings. The molecule has 1 unspecified atom stereocenters. The zero-order valence-corrected chi connectivity index (χ0v) is 17.9. The van der Waals surface area contributed by atoms with Crippen LogP contribution in [0.4, 0.5) is 0 Å². The lowest BCUT2D eigenvalue weighted by Crippen LogP contribution is -2.36. The zero-order chi connectivity index (χ0) is 21.3. The first kappa shape index (κ1) is 20.6. The minimum absolute atomic E-state index is 0.118. The number of likely N-dealkylation sites (N-methyl/N-ethyl adjacent to an activating group) is 1. The number of benzene rings is 1. The van der Waals surface area contributed by atoms with Crippen molar-refractivity contribution >= 4 is 16.9 Å². The van der Waals surface area contributed by atoms with Crippen molar-refractivity contribution in [3.05, 3.63) is 65.1 Å². The second-order valence-electron chi connectivity index (χ2n) is 8.27. The van der Waals surface area contributed by atoms with Gasteiger partial charge in [0, 0.05) is 54.1 Å². The second-order valence-corrected chi connectivity index (χ2v) is 8.27. The molecule has 1 N–H and O–H groups in total. The molecule has 0 aliphatic carbocycles. The molecular weight excluding hydrogens is 378 g/mol. The van der Waals surface area contributed by atoms with Gasteiger partial charge < -0.3 is 19.3 Å². The van der Waals surface area contributed by atoms with Crippen LogP contribution in [0, 0.1) is 6.92 Å². The first-order valence-corrected chi connectivity index (χ1v) is 10.5. The van der Waals surface area contributed by atoms with Crippen molar-refractivity contribution in [1.29, 1.82) is 0 Å². The van der Waals surface area contributed by atoms with Crippen molar-refractivity contribution in [1.82, 2.24) is 14.5 Å². The topological polar surface area (TPSA) is 67.6 Å². The highest BCUT2D eigenvalue weighted by Crippen LogP contribution is 2.35. The SMILES string of the molecule is CCOC(=O)CC(O)(Cn1c2c(c3cc(C)ccc31)CN(C)CC2)c1cccnc1.